The van der Waals surface area contributed by atoms with Crippen molar-refractivity contribution in [2.75, 3.05) is 0 Å². The first-order valence-corrected chi connectivity index (χ1v) is 11.3. The van der Waals surface area contributed by atoms with Gasteiger partial charge in [-0.15, -0.1) is 0 Å². The summed E-state index contributed by atoms with van der Waals surface area (Å²) in [6, 6.07) is 4.23. The molecule has 1 aromatic rings. The van der Waals surface area contributed by atoms with E-state index >= 15 is 0 Å². The smallest absolute Gasteiger partial charge is 0.416 e. The van der Waals surface area contributed by atoms with Crippen molar-refractivity contribution < 1.29 is 22.7 Å². The molecule has 0 bridgehead atoms. The predicted molar refractivity (Wildman–Crippen MR) is 112 cm³/mol. The number of carbonyl (C=O) groups is 1. The molecule has 2 nitrogen and oxygen atoms in total. The van der Waals surface area contributed by atoms with Gasteiger partial charge in [0, 0.05) is 0 Å². The molecule has 0 heterocycles. The maximum Gasteiger partial charge on any atom is 0.416 e. The summed E-state index contributed by atoms with van der Waals surface area (Å²) in [4.78, 5) is 12.3. The summed E-state index contributed by atoms with van der Waals surface area (Å²) in [5.74, 6) is -0.538. The zero-order chi connectivity index (χ0) is 21.5. The summed E-state index contributed by atoms with van der Waals surface area (Å²) in [5, 5.41) is 0. The number of hydrogen-bond donors (Lipinski definition) is 0. The van der Waals surface area contributed by atoms with Gasteiger partial charge in [0.25, 0.3) is 0 Å². The third-order valence-electron chi connectivity index (χ3n) is 5.21. The molecule has 0 saturated heterocycles. The van der Waals surface area contributed by atoms with Gasteiger partial charge in [-0.05, 0) is 43.5 Å². The average molecular weight is 415 g/mol. The maximum atomic E-state index is 12.6. The Bertz CT molecular complexity index is 552. The lowest BCUT2D eigenvalue weighted by atomic mass is 10.0. The molecule has 0 spiro atoms. The first-order chi connectivity index (χ1) is 13.9. The van der Waals surface area contributed by atoms with E-state index in [-0.39, 0.29) is 11.7 Å². The Morgan fingerprint density at radius 1 is 0.793 bits per heavy atom. The van der Waals surface area contributed by atoms with E-state index in [4.69, 9.17) is 4.74 Å². The maximum absolute atomic E-state index is 12.6. The van der Waals surface area contributed by atoms with E-state index in [9.17, 15) is 18.0 Å². The molecule has 5 heteroatoms. The minimum absolute atomic E-state index is 0.163. The Morgan fingerprint density at radius 3 is 1.79 bits per heavy atom. The monoisotopic (exact) mass is 414 g/mol. The van der Waals surface area contributed by atoms with E-state index in [0.29, 0.717) is 0 Å². The van der Waals surface area contributed by atoms with Crippen molar-refractivity contribution in [2.24, 2.45) is 0 Å². The third kappa shape index (κ3) is 11.3. The van der Waals surface area contributed by atoms with Gasteiger partial charge >= 0.3 is 12.1 Å². The van der Waals surface area contributed by atoms with Gasteiger partial charge in [-0.2, -0.15) is 13.2 Å². The third-order valence-corrected chi connectivity index (χ3v) is 5.21. The SMILES string of the molecule is CCCCCCCCCCCCC(CCC)OC(=O)c1ccc(C(F)(F)F)cc1. The lowest BCUT2D eigenvalue weighted by Gasteiger charge is -2.17. The van der Waals surface area contributed by atoms with E-state index < -0.39 is 17.7 Å². The zero-order valence-electron chi connectivity index (χ0n) is 18.0. The van der Waals surface area contributed by atoms with Crippen molar-refractivity contribution in [2.45, 2.75) is 110 Å². The van der Waals surface area contributed by atoms with E-state index in [1.54, 1.807) is 0 Å². The van der Waals surface area contributed by atoms with Gasteiger partial charge in [-0.25, -0.2) is 4.79 Å². The number of ether oxygens (including phenoxy) is 1. The molecule has 1 unspecified atom stereocenters. The number of benzene rings is 1. The first-order valence-electron chi connectivity index (χ1n) is 11.3. The van der Waals surface area contributed by atoms with Crippen LogP contribution in [0.25, 0.3) is 0 Å². The Kier molecular flexibility index (Phi) is 12.7. The number of esters is 1. The number of alkyl halides is 3. The second-order valence-corrected chi connectivity index (χ2v) is 7.86. The quantitative estimate of drug-likeness (QED) is 0.213. The van der Waals surface area contributed by atoms with Crippen LogP contribution in [0, 0.1) is 0 Å². The van der Waals surface area contributed by atoms with Crippen LogP contribution in [0.4, 0.5) is 13.2 Å². The van der Waals surface area contributed by atoms with Crippen molar-refractivity contribution in [1.82, 2.24) is 0 Å². The summed E-state index contributed by atoms with van der Waals surface area (Å²) in [6.07, 6.45) is 10.5. The molecular weight excluding hydrogens is 377 g/mol. The molecule has 0 aliphatic rings. The molecule has 1 aromatic carbocycles. The molecule has 0 aliphatic heterocycles. The zero-order valence-corrected chi connectivity index (χ0v) is 18.0. The molecule has 0 N–H and O–H groups in total. The lowest BCUT2D eigenvalue weighted by Crippen LogP contribution is -2.18. The summed E-state index contributed by atoms with van der Waals surface area (Å²) in [6.45, 7) is 4.27. The Morgan fingerprint density at radius 2 is 1.31 bits per heavy atom. The second kappa shape index (κ2) is 14.5. The second-order valence-electron chi connectivity index (χ2n) is 7.86. The first kappa shape index (κ1) is 25.5. The van der Waals surface area contributed by atoms with Gasteiger partial charge in [0.2, 0.25) is 0 Å². The molecule has 0 saturated carbocycles. The van der Waals surface area contributed by atoms with Crippen molar-refractivity contribution >= 4 is 5.97 Å². The van der Waals surface area contributed by atoms with Crippen LogP contribution in [0.3, 0.4) is 0 Å². The largest absolute Gasteiger partial charge is 0.459 e. The van der Waals surface area contributed by atoms with Crippen LogP contribution in [0.1, 0.15) is 113 Å². The highest BCUT2D eigenvalue weighted by atomic mass is 19.4. The number of carbonyl (C=O) groups excluding carboxylic acids is 1. The normalized spacial score (nSPS) is 12.7. The van der Waals surface area contributed by atoms with Gasteiger partial charge in [0.05, 0.1) is 11.1 Å². The summed E-state index contributed by atoms with van der Waals surface area (Å²) in [5.41, 5.74) is -0.591. The van der Waals surface area contributed by atoms with Crippen molar-refractivity contribution in [1.29, 1.82) is 0 Å². The highest BCUT2D eigenvalue weighted by Gasteiger charge is 2.30. The molecular formula is C24H37F3O2. The van der Waals surface area contributed by atoms with Crippen LogP contribution in [0.2, 0.25) is 0 Å². The van der Waals surface area contributed by atoms with Crippen LogP contribution >= 0.6 is 0 Å². The van der Waals surface area contributed by atoms with Gasteiger partial charge in [-0.3, -0.25) is 0 Å². The standard InChI is InChI=1S/C24H37F3O2/c1-3-5-6-7-8-9-10-11-12-13-15-22(14-4-2)29-23(28)20-16-18-21(19-17-20)24(25,26)27/h16-19,22H,3-15H2,1-2H3. The number of hydrogen-bond acceptors (Lipinski definition) is 2. The fraction of sp³-hybridized carbons (Fsp3) is 0.708. The fourth-order valence-electron chi connectivity index (χ4n) is 3.46. The minimum atomic E-state index is -4.40. The molecule has 29 heavy (non-hydrogen) atoms. The minimum Gasteiger partial charge on any atom is -0.459 e. The molecule has 1 rings (SSSR count). The van der Waals surface area contributed by atoms with E-state index in [1.165, 1.54) is 63.5 Å². The summed E-state index contributed by atoms with van der Waals surface area (Å²) < 4.78 is 43.5. The molecule has 0 amide bonds. The van der Waals surface area contributed by atoms with E-state index in [2.05, 4.69) is 6.92 Å². The molecule has 0 aliphatic carbocycles. The highest BCUT2D eigenvalue weighted by Crippen LogP contribution is 2.29. The average Bonchev–Trinajstić information content (AvgIpc) is 2.69. The molecule has 0 aromatic heterocycles. The molecule has 166 valence electrons. The number of halogens is 3. The fourth-order valence-corrected chi connectivity index (χ4v) is 3.46. The van der Waals surface area contributed by atoms with Crippen LogP contribution in [-0.4, -0.2) is 12.1 Å². The van der Waals surface area contributed by atoms with Crippen LogP contribution in [0.15, 0.2) is 24.3 Å². The van der Waals surface area contributed by atoms with Crippen LogP contribution in [-0.2, 0) is 10.9 Å². The van der Waals surface area contributed by atoms with Crippen molar-refractivity contribution in [3.8, 4) is 0 Å². The van der Waals surface area contributed by atoms with Crippen LogP contribution in [0.5, 0.6) is 0 Å². The molecule has 1 atom stereocenters. The number of unbranched alkanes of at least 4 members (excludes halogenated alkanes) is 9. The Balaban J connectivity index is 2.29. The topological polar surface area (TPSA) is 26.3 Å². The lowest BCUT2D eigenvalue weighted by molar-refractivity contribution is -0.137. The van der Waals surface area contributed by atoms with Gasteiger partial charge in [0.1, 0.15) is 6.10 Å². The van der Waals surface area contributed by atoms with Gasteiger partial charge in [0.15, 0.2) is 0 Å². The predicted octanol–water partition coefficient (Wildman–Crippen LogP) is 8.34. The number of rotatable bonds is 15. The summed E-state index contributed by atoms with van der Waals surface area (Å²) >= 11 is 0. The van der Waals surface area contributed by atoms with Crippen molar-refractivity contribution in [3.63, 3.8) is 0 Å². The highest BCUT2D eigenvalue weighted by molar-refractivity contribution is 5.89. The van der Waals surface area contributed by atoms with Gasteiger partial charge in [-0.1, -0.05) is 78.1 Å². The molecule has 0 fully saturated rings. The Labute approximate surface area is 174 Å². The van der Waals surface area contributed by atoms with E-state index in [0.717, 1.165) is 44.2 Å². The summed E-state index contributed by atoms with van der Waals surface area (Å²) in [7, 11) is 0. The molecule has 0 radical (unpaired) electrons. The Hall–Kier alpha value is -1.52. The van der Waals surface area contributed by atoms with Gasteiger partial charge < -0.3 is 4.74 Å². The van der Waals surface area contributed by atoms with E-state index in [1.807, 2.05) is 6.92 Å². The van der Waals surface area contributed by atoms with Crippen molar-refractivity contribution in [3.05, 3.63) is 35.4 Å². The van der Waals surface area contributed by atoms with Crippen LogP contribution < -0.4 is 0 Å².